The van der Waals surface area contributed by atoms with Crippen LogP contribution in [0.25, 0.3) is 0 Å². The van der Waals surface area contributed by atoms with Gasteiger partial charge in [-0.25, -0.2) is 13.8 Å². The van der Waals surface area contributed by atoms with Gasteiger partial charge in [0.05, 0.1) is 24.8 Å². The highest BCUT2D eigenvalue weighted by Gasteiger charge is 2.21. The van der Waals surface area contributed by atoms with E-state index in [0.717, 1.165) is 20.6 Å². The number of amides is 1. The summed E-state index contributed by atoms with van der Waals surface area (Å²) < 4.78 is 31.3. The molecule has 1 amide bonds. The van der Waals surface area contributed by atoms with Crippen LogP contribution in [-0.4, -0.2) is 39.9 Å². The van der Waals surface area contributed by atoms with Crippen molar-refractivity contribution in [1.82, 2.24) is 5.43 Å². The summed E-state index contributed by atoms with van der Waals surface area (Å²) in [4.78, 5) is 12.3. The van der Waals surface area contributed by atoms with Gasteiger partial charge in [-0.2, -0.15) is 5.10 Å². The van der Waals surface area contributed by atoms with E-state index in [1.165, 1.54) is 7.11 Å². The maximum atomic E-state index is 12.3. The molecule has 1 N–H and O–H groups in total. The van der Waals surface area contributed by atoms with Gasteiger partial charge in [-0.15, -0.1) is 0 Å². The Morgan fingerprint density at radius 2 is 1.93 bits per heavy atom. The zero-order valence-corrected chi connectivity index (χ0v) is 17.5. The lowest BCUT2D eigenvalue weighted by molar-refractivity contribution is -0.119. The molecule has 7 nitrogen and oxygen atoms in total. The third-order valence-electron chi connectivity index (χ3n) is 3.62. The number of benzene rings is 2. The van der Waals surface area contributed by atoms with Gasteiger partial charge in [-0.3, -0.25) is 9.10 Å². The van der Waals surface area contributed by atoms with E-state index in [2.05, 4.69) is 26.5 Å². The van der Waals surface area contributed by atoms with Gasteiger partial charge >= 0.3 is 0 Å². The third-order valence-corrected chi connectivity index (χ3v) is 5.25. The van der Waals surface area contributed by atoms with Crippen LogP contribution in [0.1, 0.15) is 12.5 Å². The second-order valence-electron chi connectivity index (χ2n) is 5.71. The van der Waals surface area contributed by atoms with Crippen molar-refractivity contribution in [3.05, 3.63) is 58.6 Å². The SMILES string of the molecule is COc1cccc(N(CC(=O)N/N=C(/C)c2cccc(Br)c2)S(C)(=O)=O)c1. The van der Waals surface area contributed by atoms with E-state index in [4.69, 9.17) is 4.74 Å². The molecule has 0 aliphatic heterocycles. The number of ether oxygens (including phenoxy) is 1. The zero-order valence-electron chi connectivity index (χ0n) is 15.1. The summed E-state index contributed by atoms with van der Waals surface area (Å²) in [6, 6.07) is 13.9. The van der Waals surface area contributed by atoms with Crippen LogP contribution in [0.2, 0.25) is 0 Å². The highest BCUT2D eigenvalue weighted by atomic mass is 79.9. The Kier molecular flexibility index (Phi) is 6.98. The lowest BCUT2D eigenvalue weighted by Crippen LogP contribution is -2.39. The van der Waals surface area contributed by atoms with E-state index in [0.29, 0.717) is 17.1 Å². The Morgan fingerprint density at radius 3 is 2.56 bits per heavy atom. The van der Waals surface area contributed by atoms with Crippen LogP contribution < -0.4 is 14.5 Å². The second-order valence-corrected chi connectivity index (χ2v) is 8.54. The van der Waals surface area contributed by atoms with Crippen LogP contribution in [0.3, 0.4) is 0 Å². The van der Waals surface area contributed by atoms with Crippen LogP contribution in [0.5, 0.6) is 5.75 Å². The van der Waals surface area contributed by atoms with Crippen LogP contribution in [-0.2, 0) is 14.8 Å². The minimum Gasteiger partial charge on any atom is -0.497 e. The first-order chi connectivity index (χ1) is 12.7. The van der Waals surface area contributed by atoms with Crippen molar-refractivity contribution in [3.8, 4) is 5.75 Å². The van der Waals surface area contributed by atoms with Gasteiger partial charge in [0.2, 0.25) is 10.0 Å². The average molecular weight is 454 g/mol. The molecule has 0 radical (unpaired) electrons. The lowest BCUT2D eigenvalue weighted by atomic mass is 10.1. The molecule has 0 aliphatic carbocycles. The van der Waals surface area contributed by atoms with Crippen LogP contribution in [0, 0.1) is 0 Å². The maximum absolute atomic E-state index is 12.3. The monoisotopic (exact) mass is 453 g/mol. The number of nitrogens with one attached hydrogen (secondary N) is 1. The number of hydrazone groups is 1. The predicted molar refractivity (Wildman–Crippen MR) is 110 cm³/mol. The van der Waals surface area contributed by atoms with Crippen molar-refractivity contribution in [2.24, 2.45) is 5.10 Å². The van der Waals surface area contributed by atoms with Gasteiger partial charge in [-0.1, -0.05) is 34.1 Å². The molecule has 0 atom stereocenters. The molecule has 27 heavy (non-hydrogen) atoms. The summed E-state index contributed by atoms with van der Waals surface area (Å²) in [5.74, 6) is -0.0670. The van der Waals surface area contributed by atoms with Crippen molar-refractivity contribution in [3.63, 3.8) is 0 Å². The van der Waals surface area contributed by atoms with Gasteiger partial charge in [0.15, 0.2) is 0 Å². The van der Waals surface area contributed by atoms with Gasteiger partial charge in [0.25, 0.3) is 5.91 Å². The molecule has 144 valence electrons. The molecule has 0 heterocycles. The minimum absolute atomic E-state index is 0.333. The number of nitrogens with zero attached hydrogens (tertiary/aromatic N) is 2. The van der Waals surface area contributed by atoms with Crippen molar-refractivity contribution in [2.75, 3.05) is 24.2 Å². The number of methoxy groups -OCH3 is 1. The van der Waals surface area contributed by atoms with Crippen LogP contribution in [0.4, 0.5) is 5.69 Å². The maximum Gasteiger partial charge on any atom is 0.260 e. The Labute approximate surface area is 167 Å². The number of rotatable bonds is 7. The highest BCUT2D eigenvalue weighted by molar-refractivity contribution is 9.10. The molecule has 0 spiro atoms. The molecule has 0 unspecified atom stereocenters. The molecule has 2 aromatic rings. The van der Waals surface area contributed by atoms with E-state index in [1.54, 1.807) is 31.2 Å². The first-order valence-corrected chi connectivity index (χ1v) is 10.6. The van der Waals surface area contributed by atoms with Crippen molar-refractivity contribution < 1.29 is 17.9 Å². The van der Waals surface area contributed by atoms with E-state index >= 15 is 0 Å². The first-order valence-electron chi connectivity index (χ1n) is 7.91. The summed E-state index contributed by atoms with van der Waals surface area (Å²) >= 11 is 3.38. The van der Waals surface area contributed by atoms with E-state index in [9.17, 15) is 13.2 Å². The molecule has 0 aliphatic rings. The summed E-state index contributed by atoms with van der Waals surface area (Å²) in [5.41, 5.74) is 4.16. The summed E-state index contributed by atoms with van der Waals surface area (Å²) in [6.07, 6.45) is 1.04. The topological polar surface area (TPSA) is 88.1 Å². The zero-order chi connectivity index (χ0) is 20.0. The number of halogens is 1. The fourth-order valence-electron chi connectivity index (χ4n) is 2.26. The average Bonchev–Trinajstić information content (AvgIpc) is 2.63. The normalized spacial score (nSPS) is 11.8. The number of hydrogen-bond acceptors (Lipinski definition) is 5. The molecule has 2 rings (SSSR count). The number of hydrogen-bond donors (Lipinski definition) is 1. The Bertz CT molecular complexity index is 961. The molecule has 0 saturated heterocycles. The van der Waals surface area contributed by atoms with Crippen LogP contribution in [0.15, 0.2) is 58.1 Å². The number of carbonyl (C=O) groups excluding carboxylic acids is 1. The molecule has 0 aromatic heterocycles. The van der Waals surface area contributed by atoms with E-state index in [1.807, 2.05) is 24.3 Å². The summed E-state index contributed by atoms with van der Waals surface area (Å²) in [6.45, 7) is 1.35. The fraction of sp³-hybridized carbons (Fsp3) is 0.222. The van der Waals surface area contributed by atoms with Gasteiger partial charge < -0.3 is 4.74 Å². The van der Waals surface area contributed by atoms with Gasteiger partial charge in [-0.05, 0) is 36.8 Å². The van der Waals surface area contributed by atoms with E-state index < -0.39 is 22.5 Å². The lowest BCUT2D eigenvalue weighted by Gasteiger charge is -2.21. The molecule has 2 aromatic carbocycles. The predicted octanol–water partition coefficient (Wildman–Crippen LogP) is 2.76. The standard InChI is InChI=1S/C18H20BrN3O4S/c1-13(14-6-4-7-15(19)10-14)20-21-18(23)12-22(27(3,24)25)16-8-5-9-17(11-16)26-2/h4-11H,12H2,1-3H3,(H,21,23)/b20-13-. The Morgan fingerprint density at radius 1 is 1.22 bits per heavy atom. The highest BCUT2D eigenvalue weighted by Crippen LogP contribution is 2.22. The first kappa shape index (κ1) is 20.9. The molecule has 9 heteroatoms. The summed E-state index contributed by atoms with van der Waals surface area (Å²) in [7, 11) is -2.19. The number of anilines is 1. The molecule has 0 fully saturated rings. The van der Waals surface area contributed by atoms with Crippen molar-refractivity contribution in [1.29, 1.82) is 0 Å². The Balaban J connectivity index is 2.15. The Hall–Kier alpha value is -2.39. The third kappa shape index (κ3) is 6.07. The molecular weight excluding hydrogens is 434 g/mol. The molecule has 0 saturated carbocycles. The smallest absolute Gasteiger partial charge is 0.260 e. The van der Waals surface area contributed by atoms with Crippen molar-refractivity contribution in [2.45, 2.75) is 6.92 Å². The largest absolute Gasteiger partial charge is 0.497 e. The molecular formula is C18H20BrN3O4S. The number of sulfonamides is 1. The van der Waals surface area contributed by atoms with E-state index in [-0.39, 0.29) is 0 Å². The minimum atomic E-state index is -3.67. The van der Waals surface area contributed by atoms with Gasteiger partial charge in [0, 0.05) is 10.5 Å². The fourth-order valence-corrected chi connectivity index (χ4v) is 3.50. The van der Waals surface area contributed by atoms with Crippen molar-refractivity contribution >= 4 is 43.3 Å². The molecule has 0 bridgehead atoms. The number of carbonyl (C=O) groups is 1. The van der Waals surface area contributed by atoms with Crippen LogP contribution >= 0.6 is 15.9 Å². The summed E-state index contributed by atoms with van der Waals surface area (Å²) in [5, 5.41) is 4.05. The quantitative estimate of drug-likeness (QED) is 0.515. The van der Waals surface area contributed by atoms with Gasteiger partial charge in [0.1, 0.15) is 12.3 Å². The second kappa shape index (κ2) is 9.01.